The molecule has 5 rings (SSSR count). The van der Waals surface area contributed by atoms with E-state index >= 15 is 0 Å². The lowest BCUT2D eigenvalue weighted by Gasteiger charge is -2.09. The predicted octanol–water partition coefficient (Wildman–Crippen LogP) is 7.06. The Labute approximate surface area is 174 Å². The number of aromatic nitrogens is 2. The Hall–Kier alpha value is -3.36. The molecule has 0 aliphatic rings. The SMILES string of the molecule is Clc1ccc(/C=C/c2nc3ccccc3n2Cc2ccc3ccccc3c2)cc1. The summed E-state index contributed by atoms with van der Waals surface area (Å²) in [7, 11) is 0. The van der Waals surface area contributed by atoms with E-state index in [0.717, 1.165) is 34.0 Å². The lowest BCUT2D eigenvalue weighted by Crippen LogP contribution is -2.02. The monoisotopic (exact) mass is 394 g/mol. The Morgan fingerprint density at radius 3 is 2.38 bits per heavy atom. The fraction of sp³-hybridized carbons (Fsp3) is 0.0385. The zero-order valence-electron chi connectivity index (χ0n) is 15.8. The molecular formula is C26H19ClN2. The van der Waals surface area contributed by atoms with Gasteiger partial charge in [0.25, 0.3) is 0 Å². The summed E-state index contributed by atoms with van der Waals surface area (Å²) >= 11 is 6.00. The molecule has 0 N–H and O–H groups in total. The summed E-state index contributed by atoms with van der Waals surface area (Å²) in [4.78, 5) is 4.85. The van der Waals surface area contributed by atoms with Gasteiger partial charge in [-0.25, -0.2) is 4.98 Å². The first-order chi connectivity index (χ1) is 14.3. The molecule has 0 saturated carbocycles. The Morgan fingerprint density at radius 2 is 1.52 bits per heavy atom. The topological polar surface area (TPSA) is 17.8 Å². The number of hydrogen-bond donors (Lipinski definition) is 0. The zero-order chi connectivity index (χ0) is 19.6. The molecule has 0 spiro atoms. The maximum absolute atomic E-state index is 6.00. The molecule has 1 aromatic heterocycles. The molecule has 3 heteroatoms. The minimum atomic E-state index is 0.741. The number of halogens is 1. The summed E-state index contributed by atoms with van der Waals surface area (Å²) in [6.45, 7) is 0.769. The third-order valence-electron chi connectivity index (χ3n) is 5.13. The molecule has 4 aromatic carbocycles. The number of para-hydroxylation sites is 2. The second-order valence-corrected chi connectivity index (χ2v) is 7.55. The summed E-state index contributed by atoms with van der Waals surface area (Å²) in [5.41, 5.74) is 4.49. The molecule has 0 radical (unpaired) electrons. The van der Waals surface area contributed by atoms with E-state index in [1.54, 1.807) is 0 Å². The smallest absolute Gasteiger partial charge is 0.134 e. The first-order valence-electron chi connectivity index (χ1n) is 9.63. The molecule has 140 valence electrons. The quantitative estimate of drug-likeness (QED) is 0.319. The van der Waals surface area contributed by atoms with Gasteiger partial charge in [0.05, 0.1) is 11.0 Å². The molecule has 0 amide bonds. The van der Waals surface area contributed by atoms with Gasteiger partial charge in [0.1, 0.15) is 5.82 Å². The molecule has 0 aliphatic carbocycles. The van der Waals surface area contributed by atoms with E-state index in [4.69, 9.17) is 16.6 Å². The Bertz CT molecular complexity index is 1330. The van der Waals surface area contributed by atoms with Crippen molar-refractivity contribution in [2.24, 2.45) is 0 Å². The number of benzene rings is 4. The third kappa shape index (κ3) is 3.67. The first-order valence-corrected chi connectivity index (χ1v) is 10.0. The largest absolute Gasteiger partial charge is 0.320 e. The van der Waals surface area contributed by atoms with Crippen molar-refractivity contribution < 1.29 is 0 Å². The van der Waals surface area contributed by atoms with E-state index in [1.165, 1.54) is 16.3 Å². The van der Waals surface area contributed by atoms with Crippen LogP contribution in [0.1, 0.15) is 17.0 Å². The summed E-state index contributed by atoms with van der Waals surface area (Å²) in [5, 5.41) is 3.26. The molecule has 0 aliphatic heterocycles. The summed E-state index contributed by atoms with van der Waals surface area (Å²) in [6.07, 6.45) is 4.15. The second-order valence-electron chi connectivity index (χ2n) is 7.11. The van der Waals surface area contributed by atoms with Gasteiger partial charge in [0, 0.05) is 11.6 Å². The van der Waals surface area contributed by atoms with Gasteiger partial charge >= 0.3 is 0 Å². The van der Waals surface area contributed by atoms with Crippen molar-refractivity contribution in [3.8, 4) is 0 Å². The lowest BCUT2D eigenvalue weighted by atomic mass is 10.1. The molecule has 1 heterocycles. The van der Waals surface area contributed by atoms with Gasteiger partial charge in [0.2, 0.25) is 0 Å². The first kappa shape index (κ1) is 17.7. The highest BCUT2D eigenvalue weighted by Crippen LogP contribution is 2.22. The van der Waals surface area contributed by atoms with Crippen molar-refractivity contribution in [2.45, 2.75) is 6.54 Å². The third-order valence-corrected chi connectivity index (χ3v) is 5.39. The molecular weight excluding hydrogens is 376 g/mol. The average Bonchev–Trinajstić information content (AvgIpc) is 3.11. The van der Waals surface area contributed by atoms with Crippen LogP contribution in [-0.2, 0) is 6.54 Å². The van der Waals surface area contributed by atoms with Crippen LogP contribution in [-0.4, -0.2) is 9.55 Å². The number of hydrogen-bond acceptors (Lipinski definition) is 1. The van der Waals surface area contributed by atoms with Gasteiger partial charge in [0.15, 0.2) is 0 Å². The predicted molar refractivity (Wildman–Crippen MR) is 123 cm³/mol. The minimum absolute atomic E-state index is 0.741. The Kier molecular flexibility index (Phi) is 4.63. The maximum atomic E-state index is 6.00. The molecule has 0 atom stereocenters. The van der Waals surface area contributed by atoms with E-state index < -0.39 is 0 Å². The highest BCUT2D eigenvalue weighted by molar-refractivity contribution is 6.30. The number of imidazole rings is 1. The van der Waals surface area contributed by atoms with Crippen LogP contribution in [0, 0.1) is 0 Å². The van der Waals surface area contributed by atoms with E-state index in [2.05, 4.69) is 77.4 Å². The summed E-state index contributed by atoms with van der Waals surface area (Å²) in [5.74, 6) is 0.939. The van der Waals surface area contributed by atoms with Gasteiger partial charge in [-0.15, -0.1) is 0 Å². The average molecular weight is 395 g/mol. The lowest BCUT2D eigenvalue weighted by molar-refractivity contribution is 0.815. The number of rotatable bonds is 4. The minimum Gasteiger partial charge on any atom is -0.320 e. The molecule has 0 fully saturated rings. The number of nitrogens with zero attached hydrogens (tertiary/aromatic N) is 2. The highest BCUT2D eigenvalue weighted by atomic mass is 35.5. The van der Waals surface area contributed by atoms with Gasteiger partial charge < -0.3 is 4.57 Å². The normalized spacial score (nSPS) is 11.6. The van der Waals surface area contributed by atoms with Crippen molar-refractivity contribution in [2.75, 3.05) is 0 Å². The van der Waals surface area contributed by atoms with Crippen LogP contribution in [0.2, 0.25) is 5.02 Å². The van der Waals surface area contributed by atoms with Crippen LogP contribution in [0.25, 0.3) is 34.0 Å². The molecule has 0 bridgehead atoms. The molecule has 0 saturated heterocycles. The van der Waals surface area contributed by atoms with Crippen LogP contribution in [0.5, 0.6) is 0 Å². The zero-order valence-corrected chi connectivity index (χ0v) is 16.6. The Morgan fingerprint density at radius 1 is 0.759 bits per heavy atom. The summed E-state index contributed by atoms with van der Waals surface area (Å²) in [6, 6.07) is 31.2. The van der Waals surface area contributed by atoms with Crippen molar-refractivity contribution in [1.82, 2.24) is 9.55 Å². The maximum Gasteiger partial charge on any atom is 0.134 e. The molecule has 0 unspecified atom stereocenters. The fourth-order valence-electron chi connectivity index (χ4n) is 3.65. The van der Waals surface area contributed by atoms with Gasteiger partial charge in [-0.05, 0) is 58.3 Å². The molecule has 2 nitrogen and oxygen atoms in total. The van der Waals surface area contributed by atoms with Crippen LogP contribution in [0.15, 0.2) is 91.0 Å². The van der Waals surface area contributed by atoms with Crippen LogP contribution < -0.4 is 0 Å². The van der Waals surface area contributed by atoms with Crippen LogP contribution in [0.4, 0.5) is 0 Å². The number of fused-ring (bicyclic) bond motifs is 2. The Balaban J connectivity index is 1.56. The van der Waals surface area contributed by atoms with Crippen molar-refractivity contribution in [1.29, 1.82) is 0 Å². The van der Waals surface area contributed by atoms with Crippen molar-refractivity contribution in [3.05, 3.63) is 113 Å². The van der Waals surface area contributed by atoms with Crippen LogP contribution >= 0.6 is 11.6 Å². The van der Waals surface area contributed by atoms with Crippen LogP contribution in [0.3, 0.4) is 0 Å². The van der Waals surface area contributed by atoms with Gasteiger partial charge in [-0.3, -0.25) is 0 Å². The van der Waals surface area contributed by atoms with Gasteiger partial charge in [-0.1, -0.05) is 78.3 Å². The van der Waals surface area contributed by atoms with E-state index in [9.17, 15) is 0 Å². The summed E-state index contributed by atoms with van der Waals surface area (Å²) < 4.78 is 2.27. The second kappa shape index (κ2) is 7.57. The van der Waals surface area contributed by atoms with Gasteiger partial charge in [-0.2, -0.15) is 0 Å². The van der Waals surface area contributed by atoms with E-state index in [0.29, 0.717) is 0 Å². The fourth-order valence-corrected chi connectivity index (χ4v) is 3.78. The van der Waals surface area contributed by atoms with E-state index in [-0.39, 0.29) is 0 Å². The highest BCUT2D eigenvalue weighted by Gasteiger charge is 2.09. The molecule has 29 heavy (non-hydrogen) atoms. The van der Waals surface area contributed by atoms with E-state index in [1.807, 2.05) is 30.3 Å². The van der Waals surface area contributed by atoms with Crippen molar-refractivity contribution in [3.63, 3.8) is 0 Å². The van der Waals surface area contributed by atoms with Crippen molar-refractivity contribution >= 4 is 45.6 Å². The standard InChI is InChI=1S/C26H19ClN2/c27-23-14-10-19(11-15-23)12-16-26-28-24-7-3-4-8-25(24)29(26)18-20-9-13-21-5-1-2-6-22(21)17-20/h1-17H,18H2/b16-12+. The molecule has 5 aromatic rings.